The molecule has 0 saturated heterocycles. The lowest BCUT2D eigenvalue weighted by Gasteiger charge is -2.19. The Morgan fingerprint density at radius 3 is 2.35 bits per heavy atom. The van der Waals surface area contributed by atoms with E-state index in [2.05, 4.69) is 0 Å². The summed E-state index contributed by atoms with van der Waals surface area (Å²) in [5.74, 6) is 0.825. The van der Waals surface area contributed by atoms with Crippen LogP contribution in [0.15, 0.2) is 17.0 Å². The number of nitrogens with zero attached hydrogens (tertiary/aromatic N) is 1. The number of methoxy groups -OCH3 is 2. The number of hydrogen-bond acceptors (Lipinski definition) is 5. The van der Waals surface area contributed by atoms with Gasteiger partial charge in [0.2, 0.25) is 10.0 Å². The molecule has 0 bridgehead atoms. The van der Waals surface area contributed by atoms with Crippen molar-refractivity contribution in [2.24, 2.45) is 5.73 Å². The van der Waals surface area contributed by atoms with E-state index in [0.29, 0.717) is 23.6 Å². The molecule has 114 valence electrons. The standard InChI is InChI=1S/C13H22N2O4S/c1-5-6-15(2)20(16,17)11-7-10(9-14)13(19-4)12(8-11)18-3/h7-8H,5-6,9,14H2,1-4H3. The Morgan fingerprint density at radius 2 is 1.90 bits per heavy atom. The quantitative estimate of drug-likeness (QED) is 0.818. The Bertz CT molecular complexity index is 532. The molecule has 0 amide bonds. The van der Waals surface area contributed by atoms with E-state index < -0.39 is 10.0 Å². The molecule has 20 heavy (non-hydrogen) atoms. The summed E-state index contributed by atoms with van der Waals surface area (Å²) in [5.41, 5.74) is 6.25. The SMILES string of the molecule is CCCN(C)S(=O)(=O)c1cc(CN)c(OC)c(OC)c1. The van der Waals surface area contributed by atoms with Crippen molar-refractivity contribution < 1.29 is 17.9 Å². The third kappa shape index (κ3) is 3.23. The van der Waals surface area contributed by atoms with E-state index in [4.69, 9.17) is 15.2 Å². The Morgan fingerprint density at radius 1 is 1.25 bits per heavy atom. The number of ether oxygens (including phenoxy) is 2. The van der Waals surface area contributed by atoms with Crippen molar-refractivity contribution in [3.8, 4) is 11.5 Å². The van der Waals surface area contributed by atoms with E-state index in [-0.39, 0.29) is 11.4 Å². The van der Waals surface area contributed by atoms with Crippen molar-refractivity contribution in [1.29, 1.82) is 0 Å². The molecule has 0 aliphatic carbocycles. The summed E-state index contributed by atoms with van der Waals surface area (Å²) in [6.07, 6.45) is 0.743. The van der Waals surface area contributed by atoms with Crippen LogP contribution < -0.4 is 15.2 Å². The second kappa shape index (κ2) is 6.92. The van der Waals surface area contributed by atoms with Crippen LogP contribution in [0.1, 0.15) is 18.9 Å². The lowest BCUT2D eigenvalue weighted by molar-refractivity contribution is 0.350. The van der Waals surface area contributed by atoms with E-state index in [1.54, 1.807) is 7.05 Å². The molecule has 1 rings (SSSR count). The van der Waals surface area contributed by atoms with Gasteiger partial charge in [-0.25, -0.2) is 12.7 Å². The number of hydrogen-bond donors (Lipinski definition) is 1. The predicted octanol–water partition coefficient (Wildman–Crippen LogP) is 1.19. The van der Waals surface area contributed by atoms with Gasteiger partial charge in [0.1, 0.15) is 0 Å². The molecule has 1 aromatic carbocycles. The zero-order valence-corrected chi connectivity index (χ0v) is 13.2. The molecule has 2 N–H and O–H groups in total. The molecule has 0 saturated carbocycles. The highest BCUT2D eigenvalue weighted by Gasteiger charge is 2.23. The molecule has 0 fully saturated rings. The van der Waals surface area contributed by atoms with Gasteiger partial charge in [0.05, 0.1) is 19.1 Å². The largest absolute Gasteiger partial charge is 0.493 e. The highest BCUT2D eigenvalue weighted by Crippen LogP contribution is 2.34. The Balaban J connectivity index is 3.39. The van der Waals surface area contributed by atoms with Gasteiger partial charge < -0.3 is 15.2 Å². The maximum absolute atomic E-state index is 12.4. The number of benzene rings is 1. The Labute approximate surface area is 120 Å². The van der Waals surface area contributed by atoms with Crippen LogP contribution >= 0.6 is 0 Å². The maximum atomic E-state index is 12.4. The maximum Gasteiger partial charge on any atom is 0.242 e. The number of sulfonamides is 1. The smallest absolute Gasteiger partial charge is 0.242 e. The second-order valence-electron chi connectivity index (χ2n) is 4.35. The van der Waals surface area contributed by atoms with Gasteiger partial charge in [-0.15, -0.1) is 0 Å². The summed E-state index contributed by atoms with van der Waals surface area (Å²) in [6.45, 7) is 2.54. The minimum Gasteiger partial charge on any atom is -0.493 e. The fraction of sp³-hybridized carbons (Fsp3) is 0.538. The first-order valence-electron chi connectivity index (χ1n) is 6.33. The highest BCUT2D eigenvalue weighted by molar-refractivity contribution is 7.89. The molecule has 7 heteroatoms. The van der Waals surface area contributed by atoms with Gasteiger partial charge in [0.15, 0.2) is 11.5 Å². The summed E-state index contributed by atoms with van der Waals surface area (Å²) in [7, 11) is 0.961. The van der Waals surface area contributed by atoms with Gasteiger partial charge in [0, 0.05) is 31.8 Å². The topological polar surface area (TPSA) is 81.9 Å². The average molecular weight is 302 g/mol. The van der Waals surface area contributed by atoms with Crippen molar-refractivity contribution in [1.82, 2.24) is 4.31 Å². The zero-order valence-electron chi connectivity index (χ0n) is 12.3. The minimum atomic E-state index is -3.55. The number of nitrogens with two attached hydrogens (primary N) is 1. The van der Waals surface area contributed by atoms with Gasteiger partial charge in [-0.3, -0.25) is 0 Å². The number of rotatable bonds is 7. The average Bonchev–Trinajstić information content (AvgIpc) is 2.45. The van der Waals surface area contributed by atoms with E-state index in [1.165, 1.54) is 30.7 Å². The van der Waals surface area contributed by atoms with Crippen molar-refractivity contribution in [2.45, 2.75) is 24.8 Å². The van der Waals surface area contributed by atoms with Crippen LogP contribution in [0.3, 0.4) is 0 Å². The Kier molecular flexibility index (Phi) is 5.79. The molecule has 0 aromatic heterocycles. The highest BCUT2D eigenvalue weighted by atomic mass is 32.2. The van der Waals surface area contributed by atoms with Crippen LogP contribution in [0.25, 0.3) is 0 Å². The Hall–Kier alpha value is -1.31. The van der Waals surface area contributed by atoms with Crippen LogP contribution in [0, 0.1) is 0 Å². The molecule has 1 aromatic rings. The fourth-order valence-corrected chi connectivity index (χ4v) is 3.26. The summed E-state index contributed by atoms with van der Waals surface area (Å²) in [5, 5.41) is 0. The lowest BCUT2D eigenvalue weighted by Crippen LogP contribution is -2.27. The zero-order chi connectivity index (χ0) is 15.3. The van der Waals surface area contributed by atoms with Crippen molar-refractivity contribution in [3.05, 3.63) is 17.7 Å². The normalized spacial score (nSPS) is 11.7. The van der Waals surface area contributed by atoms with E-state index in [0.717, 1.165) is 6.42 Å². The third-order valence-electron chi connectivity index (χ3n) is 3.00. The molecule has 0 aliphatic heterocycles. The van der Waals surface area contributed by atoms with Crippen LogP contribution in [0.4, 0.5) is 0 Å². The summed E-state index contributed by atoms with van der Waals surface area (Å²) in [4.78, 5) is 0.159. The molecule has 6 nitrogen and oxygen atoms in total. The molecule has 0 spiro atoms. The van der Waals surface area contributed by atoms with Gasteiger partial charge in [-0.2, -0.15) is 0 Å². The van der Waals surface area contributed by atoms with E-state index in [1.807, 2.05) is 6.92 Å². The molecule has 0 radical (unpaired) electrons. The summed E-state index contributed by atoms with van der Waals surface area (Å²) >= 11 is 0. The predicted molar refractivity (Wildman–Crippen MR) is 77.5 cm³/mol. The van der Waals surface area contributed by atoms with Gasteiger partial charge in [-0.05, 0) is 12.5 Å². The third-order valence-corrected chi connectivity index (χ3v) is 4.83. The first-order chi connectivity index (χ1) is 9.42. The van der Waals surface area contributed by atoms with Gasteiger partial charge in [0.25, 0.3) is 0 Å². The van der Waals surface area contributed by atoms with Crippen LogP contribution in [-0.2, 0) is 16.6 Å². The lowest BCUT2D eigenvalue weighted by atomic mass is 10.2. The first kappa shape index (κ1) is 16.7. The minimum absolute atomic E-state index is 0.159. The summed E-state index contributed by atoms with van der Waals surface area (Å²) in [6, 6.07) is 2.99. The first-order valence-corrected chi connectivity index (χ1v) is 7.77. The molecule has 0 unspecified atom stereocenters. The fourth-order valence-electron chi connectivity index (χ4n) is 1.93. The molecule has 0 aliphatic rings. The van der Waals surface area contributed by atoms with Crippen LogP contribution in [0.2, 0.25) is 0 Å². The van der Waals surface area contributed by atoms with E-state index >= 15 is 0 Å². The van der Waals surface area contributed by atoms with Gasteiger partial charge >= 0.3 is 0 Å². The van der Waals surface area contributed by atoms with Crippen molar-refractivity contribution in [2.75, 3.05) is 27.8 Å². The summed E-state index contributed by atoms with van der Waals surface area (Å²) < 4.78 is 36.6. The molecule has 0 heterocycles. The van der Waals surface area contributed by atoms with Gasteiger partial charge in [-0.1, -0.05) is 6.92 Å². The monoisotopic (exact) mass is 302 g/mol. The van der Waals surface area contributed by atoms with Crippen LogP contribution in [-0.4, -0.2) is 40.5 Å². The second-order valence-corrected chi connectivity index (χ2v) is 6.39. The van der Waals surface area contributed by atoms with Crippen molar-refractivity contribution >= 4 is 10.0 Å². The van der Waals surface area contributed by atoms with E-state index in [9.17, 15) is 8.42 Å². The van der Waals surface area contributed by atoms with Crippen LogP contribution in [0.5, 0.6) is 11.5 Å². The van der Waals surface area contributed by atoms with Crippen molar-refractivity contribution in [3.63, 3.8) is 0 Å². The molecular formula is C13H22N2O4S. The molecule has 0 atom stereocenters. The molecular weight excluding hydrogens is 280 g/mol.